The summed E-state index contributed by atoms with van der Waals surface area (Å²) < 4.78 is 0. The Morgan fingerprint density at radius 2 is 2.40 bits per heavy atom. The molecule has 0 spiro atoms. The Balaban J connectivity index is 2.41. The average Bonchev–Trinajstić information content (AvgIpc) is 2.39. The van der Waals surface area contributed by atoms with Gasteiger partial charge in [0, 0.05) is 0 Å². The van der Waals surface area contributed by atoms with E-state index in [4.69, 9.17) is 5.73 Å². The van der Waals surface area contributed by atoms with Crippen molar-refractivity contribution in [3.8, 4) is 0 Å². The highest BCUT2D eigenvalue weighted by Gasteiger charge is 2.31. The number of nitrogens with two attached hydrogens (primary N) is 1. The number of hydrogen-bond donors (Lipinski definition) is 1. The molecule has 1 aliphatic heterocycles. The van der Waals surface area contributed by atoms with Crippen LogP contribution in [0, 0.1) is 5.41 Å². The molecule has 1 atom stereocenters. The van der Waals surface area contributed by atoms with Crippen molar-refractivity contribution in [2.24, 2.45) is 11.1 Å². The second-order valence-corrected chi connectivity index (χ2v) is 4.30. The van der Waals surface area contributed by atoms with Gasteiger partial charge in [0.15, 0.2) is 0 Å². The highest BCUT2D eigenvalue weighted by atomic mass is 32.2. The van der Waals surface area contributed by atoms with Gasteiger partial charge in [-0.1, -0.05) is 6.92 Å². The first kappa shape index (κ1) is 8.41. The van der Waals surface area contributed by atoms with Gasteiger partial charge in [-0.2, -0.15) is 11.8 Å². The zero-order valence-electron chi connectivity index (χ0n) is 6.73. The predicted molar refractivity (Wildman–Crippen MR) is 48.3 cm³/mol. The average molecular weight is 159 g/mol. The fourth-order valence-corrected chi connectivity index (χ4v) is 3.26. The number of rotatable bonds is 3. The largest absolute Gasteiger partial charge is 0.330 e. The SMILES string of the molecule is CCC1(CCN)CCSC1. The van der Waals surface area contributed by atoms with E-state index in [1.165, 1.54) is 30.8 Å². The molecule has 10 heavy (non-hydrogen) atoms. The van der Waals surface area contributed by atoms with Crippen LogP contribution in [0.5, 0.6) is 0 Å². The van der Waals surface area contributed by atoms with Crippen LogP contribution in [0.4, 0.5) is 0 Å². The summed E-state index contributed by atoms with van der Waals surface area (Å²) >= 11 is 2.09. The van der Waals surface area contributed by atoms with Crippen LogP contribution >= 0.6 is 11.8 Å². The quantitative estimate of drug-likeness (QED) is 0.680. The van der Waals surface area contributed by atoms with Crippen molar-refractivity contribution >= 4 is 11.8 Å². The summed E-state index contributed by atoms with van der Waals surface area (Å²) in [5.74, 6) is 2.70. The van der Waals surface area contributed by atoms with Crippen LogP contribution in [0.3, 0.4) is 0 Å². The van der Waals surface area contributed by atoms with Crippen molar-refractivity contribution in [2.45, 2.75) is 26.2 Å². The Hall–Kier alpha value is 0.310. The van der Waals surface area contributed by atoms with Crippen molar-refractivity contribution < 1.29 is 0 Å². The van der Waals surface area contributed by atoms with E-state index >= 15 is 0 Å². The van der Waals surface area contributed by atoms with E-state index in [-0.39, 0.29) is 0 Å². The van der Waals surface area contributed by atoms with Crippen molar-refractivity contribution in [3.63, 3.8) is 0 Å². The summed E-state index contributed by atoms with van der Waals surface area (Å²) in [5.41, 5.74) is 6.18. The van der Waals surface area contributed by atoms with Crippen LogP contribution in [0.25, 0.3) is 0 Å². The van der Waals surface area contributed by atoms with Gasteiger partial charge < -0.3 is 5.73 Å². The third-order valence-corrected chi connectivity index (χ3v) is 3.92. The highest BCUT2D eigenvalue weighted by molar-refractivity contribution is 7.99. The molecule has 1 fully saturated rings. The van der Waals surface area contributed by atoms with Gasteiger partial charge in [-0.3, -0.25) is 0 Å². The van der Waals surface area contributed by atoms with Crippen molar-refractivity contribution in [3.05, 3.63) is 0 Å². The summed E-state index contributed by atoms with van der Waals surface area (Å²) in [6, 6.07) is 0. The second kappa shape index (κ2) is 3.63. The van der Waals surface area contributed by atoms with Gasteiger partial charge in [-0.05, 0) is 42.7 Å². The molecule has 0 radical (unpaired) electrons. The van der Waals surface area contributed by atoms with Gasteiger partial charge in [0.05, 0.1) is 0 Å². The molecule has 0 aromatic carbocycles. The highest BCUT2D eigenvalue weighted by Crippen LogP contribution is 2.41. The Morgan fingerprint density at radius 1 is 1.60 bits per heavy atom. The van der Waals surface area contributed by atoms with Gasteiger partial charge >= 0.3 is 0 Å². The Bertz CT molecular complexity index is 97.4. The lowest BCUT2D eigenvalue weighted by Crippen LogP contribution is -2.22. The minimum Gasteiger partial charge on any atom is -0.330 e. The van der Waals surface area contributed by atoms with E-state index in [1.54, 1.807) is 0 Å². The fourth-order valence-electron chi connectivity index (χ4n) is 1.61. The molecule has 2 heteroatoms. The maximum atomic E-state index is 5.56. The molecule has 2 N–H and O–H groups in total. The molecule has 1 unspecified atom stereocenters. The minimum absolute atomic E-state index is 0.624. The zero-order chi connectivity index (χ0) is 7.45. The van der Waals surface area contributed by atoms with E-state index in [9.17, 15) is 0 Å². The standard InChI is InChI=1S/C8H17NS/c1-2-8(3-5-9)4-6-10-7-8/h2-7,9H2,1H3. The van der Waals surface area contributed by atoms with E-state index in [1.807, 2.05) is 0 Å². The molecule has 0 aliphatic carbocycles. The van der Waals surface area contributed by atoms with Gasteiger partial charge in [-0.25, -0.2) is 0 Å². The molecule has 1 nitrogen and oxygen atoms in total. The van der Waals surface area contributed by atoms with Crippen LogP contribution in [0.15, 0.2) is 0 Å². The van der Waals surface area contributed by atoms with Crippen LogP contribution in [0.1, 0.15) is 26.2 Å². The van der Waals surface area contributed by atoms with Crippen LogP contribution in [0.2, 0.25) is 0 Å². The van der Waals surface area contributed by atoms with Crippen LogP contribution in [-0.4, -0.2) is 18.1 Å². The lowest BCUT2D eigenvalue weighted by molar-refractivity contribution is 0.301. The minimum atomic E-state index is 0.624. The molecule has 1 rings (SSSR count). The van der Waals surface area contributed by atoms with E-state index in [0.29, 0.717) is 5.41 Å². The number of thioether (sulfide) groups is 1. The summed E-state index contributed by atoms with van der Waals surface area (Å²) in [7, 11) is 0. The molecule has 1 heterocycles. The normalized spacial score (nSPS) is 33.0. The monoisotopic (exact) mass is 159 g/mol. The lowest BCUT2D eigenvalue weighted by atomic mass is 9.81. The first-order valence-electron chi connectivity index (χ1n) is 4.11. The number of hydrogen-bond acceptors (Lipinski definition) is 2. The predicted octanol–water partition coefficient (Wildman–Crippen LogP) is 1.87. The lowest BCUT2D eigenvalue weighted by Gasteiger charge is -2.25. The van der Waals surface area contributed by atoms with E-state index in [2.05, 4.69) is 18.7 Å². The maximum Gasteiger partial charge on any atom is -0.00101 e. The third kappa shape index (κ3) is 1.67. The molecule has 1 aliphatic rings. The van der Waals surface area contributed by atoms with Gasteiger partial charge in [0.25, 0.3) is 0 Å². The first-order valence-corrected chi connectivity index (χ1v) is 5.26. The smallest absolute Gasteiger partial charge is 0.00101 e. The van der Waals surface area contributed by atoms with Crippen molar-refractivity contribution in [1.29, 1.82) is 0 Å². The Morgan fingerprint density at radius 3 is 2.80 bits per heavy atom. The summed E-state index contributed by atoms with van der Waals surface area (Å²) in [6.07, 6.45) is 3.94. The van der Waals surface area contributed by atoms with Gasteiger partial charge in [0.1, 0.15) is 0 Å². The molecule has 0 aromatic heterocycles. The van der Waals surface area contributed by atoms with E-state index in [0.717, 1.165) is 6.54 Å². The molecule has 0 saturated carbocycles. The molecular weight excluding hydrogens is 142 g/mol. The molecule has 1 saturated heterocycles. The molecular formula is C8H17NS. The molecule has 0 amide bonds. The maximum absolute atomic E-state index is 5.56. The van der Waals surface area contributed by atoms with Gasteiger partial charge in [-0.15, -0.1) is 0 Å². The van der Waals surface area contributed by atoms with E-state index < -0.39 is 0 Å². The third-order valence-electron chi connectivity index (χ3n) is 2.61. The summed E-state index contributed by atoms with van der Waals surface area (Å²) in [4.78, 5) is 0. The fraction of sp³-hybridized carbons (Fsp3) is 1.00. The first-order chi connectivity index (χ1) is 4.83. The Kier molecular flexibility index (Phi) is 3.05. The van der Waals surface area contributed by atoms with Crippen molar-refractivity contribution in [2.75, 3.05) is 18.1 Å². The Labute approximate surface area is 67.8 Å². The summed E-state index contributed by atoms with van der Waals surface area (Å²) in [6.45, 7) is 3.16. The molecule has 0 aromatic rings. The van der Waals surface area contributed by atoms with Crippen LogP contribution < -0.4 is 5.73 Å². The topological polar surface area (TPSA) is 26.0 Å². The second-order valence-electron chi connectivity index (χ2n) is 3.19. The van der Waals surface area contributed by atoms with Crippen molar-refractivity contribution in [1.82, 2.24) is 0 Å². The summed E-state index contributed by atoms with van der Waals surface area (Å²) in [5, 5.41) is 0. The van der Waals surface area contributed by atoms with Gasteiger partial charge in [0.2, 0.25) is 0 Å². The molecule has 60 valence electrons. The zero-order valence-corrected chi connectivity index (χ0v) is 7.54. The van der Waals surface area contributed by atoms with Crippen LogP contribution in [-0.2, 0) is 0 Å². The molecule has 0 bridgehead atoms.